The Labute approximate surface area is 95.0 Å². The third kappa shape index (κ3) is 2.18. The fraction of sp³-hybridized carbons (Fsp3) is 0.636. The summed E-state index contributed by atoms with van der Waals surface area (Å²) in [6.07, 6.45) is 3.45. The zero-order valence-corrected chi connectivity index (χ0v) is 9.57. The number of nitrogen functional groups attached to an aromatic ring is 1. The molecule has 2 rings (SSSR count). The van der Waals surface area contributed by atoms with Crippen LogP contribution in [0.3, 0.4) is 0 Å². The van der Waals surface area contributed by atoms with Crippen molar-refractivity contribution >= 4 is 11.7 Å². The van der Waals surface area contributed by atoms with E-state index in [1.807, 2.05) is 4.90 Å². The molecule has 5 nitrogen and oxygen atoms in total. The van der Waals surface area contributed by atoms with Crippen molar-refractivity contribution in [3.8, 4) is 0 Å². The molecule has 1 aromatic rings. The van der Waals surface area contributed by atoms with Gasteiger partial charge in [-0.05, 0) is 18.8 Å². The van der Waals surface area contributed by atoms with Gasteiger partial charge in [-0.15, -0.1) is 0 Å². The van der Waals surface area contributed by atoms with E-state index in [0.717, 1.165) is 25.9 Å². The topological polar surface area (TPSA) is 75.0 Å². The van der Waals surface area contributed by atoms with Gasteiger partial charge in [-0.2, -0.15) is 5.10 Å². The van der Waals surface area contributed by atoms with E-state index in [1.54, 1.807) is 6.07 Å². The van der Waals surface area contributed by atoms with Crippen molar-refractivity contribution in [2.45, 2.75) is 26.2 Å². The Balaban J connectivity index is 2.04. The van der Waals surface area contributed by atoms with Crippen LogP contribution in [-0.2, 0) is 0 Å². The number of nitrogens with zero attached hydrogens (tertiary/aromatic N) is 2. The highest BCUT2D eigenvalue weighted by Crippen LogP contribution is 2.20. The van der Waals surface area contributed by atoms with Crippen LogP contribution in [0.2, 0.25) is 0 Å². The van der Waals surface area contributed by atoms with Crippen LogP contribution in [0.4, 0.5) is 5.82 Å². The van der Waals surface area contributed by atoms with Crippen molar-refractivity contribution < 1.29 is 4.79 Å². The van der Waals surface area contributed by atoms with Crippen molar-refractivity contribution in [2.24, 2.45) is 5.92 Å². The van der Waals surface area contributed by atoms with E-state index >= 15 is 0 Å². The third-order valence-corrected chi connectivity index (χ3v) is 3.21. The van der Waals surface area contributed by atoms with Crippen LogP contribution in [0.5, 0.6) is 0 Å². The van der Waals surface area contributed by atoms with E-state index in [-0.39, 0.29) is 5.91 Å². The van der Waals surface area contributed by atoms with Crippen LogP contribution < -0.4 is 5.73 Å². The molecule has 0 bridgehead atoms. The monoisotopic (exact) mass is 222 g/mol. The number of aromatic amines is 1. The standard InChI is InChI=1S/C11H18N4O/c1-2-8-4-3-5-15(7-8)11(16)9-6-10(12)14-13-9/h6,8H,2-5,7H2,1H3,(H3,12,13,14). The Hall–Kier alpha value is -1.52. The summed E-state index contributed by atoms with van der Waals surface area (Å²) in [5.41, 5.74) is 5.98. The Bertz CT molecular complexity index is 374. The number of H-pyrrole nitrogens is 1. The summed E-state index contributed by atoms with van der Waals surface area (Å²) < 4.78 is 0. The zero-order chi connectivity index (χ0) is 11.5. The van der Waals surface area contributed by atoms with E-state index in [9.17, 15) is 4.79 Å². The molecule has 1 amide bonds. The fourth-order valence-electron chi connectivity index (χ4n) is 2.20. The normalized spacial score (nSPS) is 21.1. The van der Waals surface area contributed by atoms with Crippen molar-refractivity contribution in [1.82, 2.24) is 15.1 Å². The second-order valence-electron chi connectivity index (χ2n) is 4.37. The van der Waals surface area contributed by atoms with Gasteiger partial charge in [0.1, 0.15) is 11.5 Å². The molecule has 1 unspecified atom stereocenters. The lowest BCUT2D eigenvalue weighted by Crippen LogP contribution is -2.39. The number of piperidine rings is 1. The minimum Gasteiger partial charge on any atom is -0.382 e. The Morgan fingerprint density at radius 1 is 1.75 bits per heavy atom. The number of hydrogen-bond donors (Lipinski definition) is 2. The second-order valence-corrected chi connectivity index (χ2v) is 4.37. The van der Waals surface area contributed by atoms with Crippen molar-refractivity contribution in [2.75, 3.05) is 18.8 Å². The number of carbonyl (C=O) groups is 1. The average Bonchev–Trinajstić information content (AvgIpc) is 2.75. The van der Waals surface area contributed by atoms with E-state index in [0.29, 0.717) is 17.4 Å². The number of anilines is 1. The van der Waals surface area contributed by atoms with E-state index in [2.05, 4.69) is 17.1 Å². The van der Waals surface area contributed by atoms with E-state index in [4.69, 9.17) is 5.73 Å². The summed E-state index contributed by atoms with van der Waals surface area (Å²) >= 11 is 0. The molecule has 1 atom stereocenters. The summed E-state index contributed by atoms with van der Waals surface area (Å²) in [5.74, 6) is 1.02. The summed E-state index contributed by atoms with van der Waals surface area (Å²) in [6, 6.07) is 1.60. The molecule has 0 saturated carbocycles. The first-order valence-electron chi connectivity index (χ1n) is 5.81. The van der Waals surface area contributed by atoms with Gasteiger partial charge in [0.25, 0.3) is 5.91 Å². The molecule has 1 saturated heterocycles. The Morgan fingerprint density at radius 2 is 2.56 bits per heavy atom. The molecule has 5 heteroatoms. The van der Waals surface area contributed by atoms with E-state index < -0.39 is 0 Å². The van der Waals surface area contributed by atoms with Crippen molar-refractivity contribution in [1.29, 1.82) is 0 Å². The molecule has 1 aliphatic rings. The van der Waals surface area contributed by atoms with Gasteiger partial charge < -0.3 is 10.6 Å². The first-order valence-corrected chi connectivity index (χ1v) is 5.81. The van der Waals surface area contributed by atoms with Crippen LogP contribution in [0.15, 0.2) is 6.07 Å². The largest absolute Gasteiger partial charge is 0.382 e. The number of amides is 1. The highest BCUT2D eigenvalue weighted by Gasteiger charge is 2.24. The number of likely N-dealkylation sites (tertiary alicyclic amines) is 1. The molecule has 16 heavy (non-hydrogen) atoms. The minimum absolute atomic E-state index is 0.0161. The lowest BCUT2D eigenvalue weighted by Gasteiger charge is -2.31. The average molecular weight is 222 g/mol. The fourth-order valence-corrected chi connectivity index (χ4v) is 2.20. The quantitative estimate of drug-likeness (QED) is 0.790. The van der Waals surface area contributed by atoms with Crippen molar-refractivity contribution in [3.05, 3.63) is 11.8 Å². The number of aromatic nitrogens is 2. The Kier molecular flexibility index (Phi) is 3.12. The van der Waals surface area contributed by atoms with Gasteiger partial charge in [-0.1, -0.05) is 13.3 Å². The lowest BCUT2D eigenvalue weighted by molar-refractivity contribution is 0.0665. The molecule has 0 radical (unpaired) electrons. The van der Waals surface area contributed by atoms with Gasteiger partial charge in [-0.3, -0.25) is 9.89 Å². The molecule has 1 aliphatic heterocycles. The number of nitrogens with two attached hydrogens (primary N) is 1. The molecule has 1 aromatic heterocycles. The number of hydrogen-bond acceptors (Lipinski definition) is 3. The van der Waals surface area contributed by atoms with Gasteiger partial charge >= 0.3 is 0 Å². The summed E-state index contributed by atoms with van der Waals surface area (Å²) in [5, 5.41) is 6.45. The molecule has 3 N–H and O–H groups in total. The van der Waals surface area contributed by atoms with Gasteiger partial charge in [0.05, 0.1) is 0 Å². The predicted molar refractivity (Wildman–Crippen MR) is 61.9 cm³/mol. The third-order valence-electron chi connectivity index (χ3n) is 3.21. The predicted octanol–water partition coefficient (Wildman–Crippen LogP) is 1.25. The molecule has 2 heterocycles. The first-order chi connectivity index (χ1) is 7.70. The molecular formula is C11H18N4O. The molecule has 0 spiro atoms. The van der Waals surface area contributed by atoms with Crippen LogP contribution in [0.1, 0.15) is 36.7 Å². The summed E-state index contributed by atoms with van der Waals surface area (Å²) in [7, 11) is 0. The number of rotatable bonds is 2. The molecule has 1 fully saturated rings. The first kappa shape index (κ1) is 11.0. The number of carbonyl (C=O) groups excluding carboxylic acids is 1. The smallest absolute Gasteiger partial charge is 0.271 e. The molecule has 88 valence electrons. The zero-order valence-electron chi connectivity index (χ0n) is 9.57. The molecular weight excluding hydrogens is 204 g/mol. The maximum Gasteiger partial charge on any atom is 0.271 e. The SMILES string of the molecule is CCC1CCCN(C(=O)c2cc(N)n[nH]2)C1. The van der Waals surface area contributed by atoms with E-state index in [1.165, 1.54) is 6.42 Å². The van der Waals surface area contributed by atoms with Gasteiger partial charge in [-0.25, -0.2) is 0 Å². The van der Waals surface area contributed by atoms with Crippen LogP contribution >= 0.6 is 0 Å². The van der Waals surface area contributed by atoms with Gasteiger partial charge in [0.15, 0.2) is 0 Å². The van der Waals surface area contributed by atoms with Crippen molar-refractivity contribution in [3.63, 3.8) is 0 Å². The van der Waals surface area contributed by atoms with Crippen LogP contribution in [0, 0.1) is 5.92 Å². The summed E-state index contributed by atoms with van der Waals surface area (Å²) in [4.78, 5) is 14.0. The van der Waals surface area contributed by atoms with Crippen LogP contribution in [0.25, 0.3) is 0 Å². The Morgan fingerprint density at radius 3 is 3.19 bits per heavy atom. The molecule has 0 aliphatic carbocycles. The minimum atomic E-state index is 0.0161. The lowest BCUT2D eigenvalue weighted by atomic mass is 9.95. The highest BCUT2D eigenvalue weighted by molar-refractivity contribution is 5.93. The van der Waals surface area contributed by atoms with Gasteiger partial charge in [0.2, 0.25) is 0 Å². The van der Waals surface area contributed by atoms with Crippen LogP contribution in [-0.4, -0.2) is 34.1 Å². The second kappa shape index (κ2) is 4.55. The summed E-state index contributed by atoms with van der Waals surface area (Å²) in [6.45, 7) is 3.87. The van der Waals surface area contributed by atoms with Gasteiger partial charge in [0, 0.05) is 19.2 Å². The molecule has 0 aromatic carbocycles. The highest BCUT2D eigenvalue weighted by atomic mass is 16.2. The maximum absolute atomic E-state index is 12.1. The number of nitrogens with one attached hydrogen (secondary N) is 1. The maximum atomic E-state index is 12.1.